The molecule has 0 bridgehead atoms. The van der Waals surface area contributed by atoms with Crippen LogP contribution in [0.1, 0.15) is 25.3 Å². The fourth-order valence-corrected chi connectivity index (χ4v) is 4.19. The average molecular weight is 429 g/mol. The van der Waals surface area contributed by atoms with Gasteiger partial charge in [0.2, 0.25) is 11.8 Å². The number of benzene rings is 2. The van der Waals surface area contributed by atoms with E-state index in [-0.39, 0.29) is 24.7 Å². The van der Waals surface area contributed by atoms with Gasteiger partial charge in [0, 0.05) is 42.3 Å². The maximum absolute atomic E-state index is 12.7. The third-order valence-electron chi connectivity index (χ3n) is 4.65. The van der Waals surface area contributed by atoms with Gasteiger partial charge < -0.3 is 19.7 Å². The number of nitrogens with one attached hydrogen (secondary N) is 1. The smallest absolute Gasteiger partial charge is 0.227 e. The second-order valence-electron chi connectivity index (χ2n) is 6.86. The van der Waals surface area contributed by atoms with Crippen molar-refractivity contribution in [2.24, 2.45) is 0 Å². The van der Waals surface area contributed by atoms with E-state index in [1.807, 2.05) is 55.5 Å². The summed E-state index contributed by atoms with van der Waals surface area (Å²) in [6.07, 6.45) is 0.338. The lowest BCUT2D eigenvalue weighted by Crippen LogP contribution is -2.35. The number of rotatable bonds is 10. The van der Waals surface area contributed by atoms with E-state index >= 15 is 0 Å². The van der Waals surface area contributed by atoms with Gasteiger partial charge in [0.15, 0.2) is 0 Å². The summed E-state index contributed by atoms with van der Waals surface area (Å²) in [5, 5.41) is 2.88. The lowest BCUT2D eigenvalue weighted by Gasteiger charge is -2.29. The molecule has 0 unspecified atom stereocenters. The maximum Gasteiger partial charge on any atom is 0.227 e. The van der Waals surface area contributed by atoms with Gasteiger partial charge in [-0.05, 0) is 36.8 Å². The largest absolute Gasteiger partial charge is 0.379 e. The van der Waals surface area contributed by atoms with Gasteiger partial charge in [0.1, 0.15) is 0 Å². The lowest BCUT2D eigenvalue weighted by molar-refractivity contribution is -0.122. The Labute approximate surface area is 181 Å². The van der Waals surface area contributed by atoms with Crippen molar-refractivity contribution >= 4 is 35.0 Å². The lowest BCUT2D eigenvalue weighted by atomic mass is 10.2. The Bertz CT molecular complexity index is 859. The number of ether oxygens (including phenoxy) is 2. The number of anilines is 2. The highest BCUT2D eigenvalue weighted by Gasteiger charge is 2.22. The van der Waals surface area contributed by atoms with Gasteiger partial charge in [-0.25, -0.2) is 0 Å². The van der Waals surface area contributed by atoms with E-state index in [4.69, 9.17) is 9.47 Å². The molecule has 0 fully saturated rings. The van der Waals surface area contributed by atoms with Crippen molar-refractivity contribution in [2.45, 2.75) is 31.3 Å². The first-order valence-corrected chi connectivity index (χ1v) is 11.2. The summed E-state index contributed by atoms with van der Waals surface area (Å²) < 4.78 is 10.8. The summed E-state index contributed by atoms with van der Waals surface area (Å²) in [5.74, 6) is 0.681. The van der Waals surface area contributed by atoms with Crippen molar-refractivity contribution in [1.82, 2.24) is 0 Å². The molecule has 0 atom stereocenters. The third kappa shape index (κ3) is 6.58. The summed E-state index contributed by atoms with van der Waals surface area (Å²) in [6.45, 7) is 4.86. The Morgan fingerprint density at radius 2 is 1.90 bits per heavy atom. The van der Waals surface area contributed by atoms with Crippen molar-refractivity contribution < 1.29 is 19.1 Å². The van der Waals surface area contributed by atoms with E-state index in [9.17, 15) is 9.59 Å². The molecule has 0 spiro atoms. The van der Waals surface area contributed by atoms with Crippen LogP contribution < -0.4 is 10.2 Å². The molecule has 0 aromatic heterocycles. The molecule has 7 heteroatoms. The fraction of sp³-hybridized carbons (Fsp3) is 0.391. The summed E-state index contributed by atoms with van der Waals surface area (Å²) >= 11 is 1.76. The van der Waals surface area contributed by atoms with Crippen LogP contribution in [0.3, 0.4) is 0 Å². The molecule has 2 aromatic rings. The molecule has 1 aliphatic heterocycles. The van der Waals surface area contributed by atoms with Gasteiger partial charge in [-0.2, -0.15) is 0 Å². The van der Waals surface area contributed by atoms with Crippen LogP contribution in [-0.2, 0) is 25.7 Å². The number of thioether (sulfide) groups is 1. The average Bonchev–Trinajstić information content (AvgIpc) is 2.77. The highest BCUT2D eigenvalue weighted by Crippen LogP contribution is 2.34. The van der Waals surface area contributed by atoms with Crippen molar-refractivity contribution in [3.05, 3.63) is 54.1 Å². The molecule has 2 aromatic carbocycles. The minimum absolute atomic E-state index is 0.0191. The predicted molar refractivity (Wildman–Crippen MR) is 120 cm³/mol. The molecule has 0 saturated heterocycles. The Morgan fingerprint density at radius 1 is 1.07 bits per heavy atom. The van der Waals surface area contributed by atoms with Gasteiger partial charge in [0.05, 0.1) is 25.5 Å². The molecule has 30 heavy (non-hydrogen) atoms. The molecule has 0 saturated carbocycles. The molecule has 1 N–H and O–H groups in total. The molecule has 0 aliphatic carbocycles. The molecule has 0 radical (unpaired) electrons. The topological polar surface area (TPSA) is 67.9 Å². The molecule has 3 rings (SSSR count). The van der Waals surface area contributed by atoms with Crippen LogP contribution in [0.15, 0.2) is 53.4 Å². The first-order chi connectivity index (χ1) is 14.7. The van der Waals surface area contributed by atoms with Crippen molar-refractivity contribution in [3.63, 3.8) is 0 Å². The van der Waals surface area contributed by atoms with Crippen LogP contribution in [0.5, 0.6) is 0 Å². The van der Waals surface area contributed by atoms with Crippen LogP contribution >= 0.6 is 11.8 Å². The molecule has 160 valence electrons. The predicted octanol–water partition coefficient (Wildman–Crippen LogP) is 4.10. The highest BCUT2D eigenvalue weighted by atomic mass is 32.2. The van der Waals surface area contributed by atoms with Gasteiger partial charge >= 0.3 is 0 Å². The van der Waals surface area contributed by atoms with E-state index in [0.717, 1.165) is 21.9 Å². The van der Waals surface area contributed by atoms with E-state index < -0.39 is 0 Å². The monoisotopic (exact) mass is 428 g/mol. The molecular weight excluding hydrogens is 400 g/mol. The minimum atomic E-state index is -0.169. The number of para-hydroxylation sites is 1. The molecular formula is C23H28N2O4S. The number of carbonyl (C=O) groups is 2. The zero-order valence-corrected chi connectivity index (χ0v) is 18.1. The summed E-state index contributed by atoms with van der Waals surface area (Å²) in [4.78, 5) is 27.9. The van der Waals surface area contributed by atoms with E-state index in [2.05, 4.69) is 5.32 Å². The maximum atomic E-state index is 12.7. The van der Waals surface area contributed by atoms with Crippen molar-refractivity contribution in [2.75, 3.05) is 42.3 Å². The van der Waals surface area contributed by atoms with Gasteiger partial charge in [0.25, 0.3) is 0 Å². The van der Waals surface area contributed by atoms with Gasteiger partial charge in [-0.1, -0.05) is 24.3 Å². The first-order valence-electron chi connectivity index (χ1n) is 10.2. The van der Waals surface area contributed by atoms with E-state index in [0.29, 0.717) is 38.7 Å². The first kappa shape index (κ1) is 22.3. The normalized spacial score (nSPS) is 13.0. The highest BCUT2D eigenvalue weighted by molar-refractivity contribution is 7.99. The molecule has 1 aliphatic rings. The zero-order chi connectivity index (χ0) is 21.2. The summed E-state index contributed by atoms with van der Waals surface area (Å²) in [7, 11) is 0. The Balaban J connectivity index is 1.46. The van der Waals surface area contributed by atoms with Crippen LogP contribution in [0.2, 0.25) is 0 Å². The van der Waals surface area contributed by atoms with E-state index in [1.165, 1.54) is 0 Å². The van der Waals surface area contributed by atoms with Crippen LogP contribution in [-0.4, -0.2) is 43.9 Å². The Hall–Kier alpha value is -2.35. The van der Waals surface area contributed by atoms with Crippen LogP contribution in [0, 0.1) is 0 Å². The molecule has 1 heterocycles. The number of nitrogens with zero attached hydrogens (tertiary/aromatic N) is 1. The molecule has 2 amide bonds. The second-order valence-corrected chi connectivity index (χ2v) is 8.00. The summed E-state index contributed by atoms with van der Waals surface area (Å²) in [6, 6.07) is 15.5. The van der Waals surface area contributed by atoms with Gasteiger partial charge in [-0.15, -0.1) is 11.8 Å². The zero-order valence-electron chi connectivity index (χ0n) is 17.3. The Kier molecular flexibility index (Phi) is 8.74. The number of hydrogen-bond acceptors (Lipinski definition) is 5. The van der Waals surface area contributed by atoms with E-state index in [1.54, 1.807) is 16.7 Å². The second kappa shape index (κ2) is 11.7. The third-order valence-corrected chi connectivity index (χ3v) is 5.69. The molecule has 6 nitrogen and oxygen atoms in total. The number of amides is 2. The quantitative estimate of drug-likeness (QED) is 0.577. The van der Waals surface area contributed by atoms with Crippen molar-refractivity contribution in [3.8, 4) is 0 Å². The standard InChI is InChI=1S/C23H28N2O4S/c1-2-28-13-14-29-17-18-6-5-7-19(16-18)24-22(26)10-11-23(27)25-12-15-30-21-9-4-3-8-20(21)25/h3-9,16H,2,10-15,17H2,1H3,(H,24,26). The van der Waals surface area contributed by atoms with Crippen LogP contribution in [0.4, 0.5) is 11.4 Å². The SMILES string of the molecule is CCOCCOCc1cccc(NC(=O)CCC(=O)N2CCSc3ccccc32)c1. The number of hydrogen-bond donors (Lipinski definition) is 1. The Morgan fingerprint density at radius 3 is 2.77 bits per heavy atom. The number of carbonyl (C=O) groups excluding carboxylic acids is 2. The van der Waals surface area contributed by atoms with Gasteiger partial charge in [-0.3, -0.25) is 9.59 Å². The summed E-state index contributed by atoms with van der Waals surface area (Å²) in [5.41, 5.74) is 2.62. The fourth-order valence-electron chi connectivity index (χ4n) is 3.20. The minimum Gasteiger partial charge on any atom is -0.379 e. The van der Waals surface area contributed by atoms with Crippen LogP contribution in [0.25, 0.3) is 0 Å². The number of fused-ring (bicyclic) bond motifs is 1. The van der Waals surface area contributed by atoms with Crippen molar-refractivity contribution in [1.29, 1.82) is 0 Å².